The summed E-state index contributed by atoms with van der Waals surface area (Å²) >= 11 is 5.88. The number of fused-ring (bicyclic) bond motifs is 1. The van der Waals surface area contributed by atoms with E-state index in [0.717, 1.165) is 31.4 Å². The number of imidazole rings is 1. The molecule has 1 heterocycles. The molecular weight excluding hydrogens is 334 g/mol. The molecule has 2 aromatic carbocycles. The van der Waals surface area contributed by atoms with E-state index in [1.807, 2.05) is 4.57 Å². The summed E-state index contributed by atoms with van der Waals surface area (Å²) in [6.07, 6.45) is 2.93. The van der Waals surface area contributed by atoms with Crippen molar-refractivity contribution >= 4 is 22.6 Å². The molecule has 0 bridgehead atoms. The van der Waals surface area contributed by atoms with E-state index in [0.29, 0.717) is 34.0 Å². The van der Waals surface area contributed by atoms with Gasteiger partial charge in [-0.05, 0) is 24.6 Å². The van der Waals surface area contributed by atoms with Crippen molar-refractivity contribution in [1.82, 2.24) is 9.55 Å². The molecule has 0 spiro atoms. The molecule has 126 valence electrons. The van der Waals surface area contributed by atoms with Crippen molar-refractivity contribution in [3.8, 4) is 17.1 Å². The number of phenolic OH excluding ortho intramolecular Hbond substituents is 1. The number of phenols is 1. The van der Waals surface area contributed by atoms with Gasteiger partial charge in [0.15, 0.2) is 11.6 Å². The first kappa shape index (κ1) is 16.7. The highest BCUT2D eigenvalue weighted by Crippen LogP contribution is 2.34. The number of unbranched alkanes of at least 4 members (excludes halogenated alkanes) is 2. The first-order valence-electron chi connectivity index (χ1n) is 7.85. The lowest BCUT2D eigenvalue weighted by molar-refractivity contribution is 0.476. The summed E-state index contributed by atoms with van der Waals surface area (Å²) in [5.41, 5.74) is 1.34. The molecule has 3 rings (SSSR count). The van der Waals surface area contributed by atoms with Gasteiger partial charge in [-0.2, -0.15) is 0 Å². The van der Waals surface area contributed by atoms with Crippen LogP contribution in [0.2, 0.25) is 5.02 Å². The molecule has 6 heteroatoms. The second kappa shape index (κ2) is 6.77. The van der Waals surface area contributed by atoms with E-state index >= 15 is 0 Å². The molecule has 3 nitrogen and oxygen atoms in total. The monoisotopic (exact) mass is 350 g/mol. The zero-order chi connectivity index (χ0) is 17.3. The quantitative estimate of drug-likeness (QED) is 0.614. The van der Waals surface area contributed by atoms with Gasteiger partial charge >= 0.3 is 0 Å². The van der Waals surface area contributed by atoms with Crippen LogP contribution in [-0.2, 0) is 6.54 Å². The molecule has 0 unspecified atom stereocenters. The first-order chi connectivity index (χ1) is 11.5. The van der Waals surface area contributed by atoms with E-state index in [9.17, 15) is 13.9 Å². The lowest BCUT2D eigenvalue weighted by atomic mass is 10.2. The van der Waals surface area contributed by atoms with Gasteiger partial charge in [-0.25, -0.2) is 13.8 Å². The molecule has 0 aliphatic rings. The number of halogens is 3. The number of nitrogens with zero attached hydrogens (tertiary/aromatic N) is 2. The van der Waals surface area contributed by atoms with Crippen LogP contribution in [0.1, 0.15) is 26.2 Å². The van der Waals surface area contributed by atoms with Crippen LogP contribution in [0.4, 0.5) is 8.78 Å². The summed E-state index contributed by atoms with van der Waals surface area (Å²) in [4.78, 5) is 4.41. The SMILES string of the molecule is CCCCCn1c(-c2ccc(Cl)cc2O)nc2cc(F)c(F)cc21. The van der Waals surface area contributed by atoms with E-state index in [4.69, 9.17) is 11.6 Å². The number of hydrogen-bond acceptors (Lipinski definition) is 2. The van der Waals surface area contributed by atoms with Crippen LogP contribution >= 0.6 is 11.6 Å². The summed E-state index contributed by atoms with van der Waals surface area (Å²) in [6.45, 7) is 2.69. The summed E-state index contributed by atoms with van der Waals surface area (Å²) in [5, 5.41) is 10.6. The molecule has 0 saturated heterocycles. The normalized spacial score (nSPS) is 11.3. The van der Waals surface area contributed by atoms with Crippen LogP contribution < -0.4 is 0 Å². The number of aryl methyl sites for hydroxylation is 1. The third kappa shape index (κ3) is 3.08. The van der Waals surface area contributed by atoms with E-state index < -0.39 is 11.6 Å². The Kier molecular flexibility index (Phi) is 4.71. The molecule has 3 aromatic rings. The van der Waals surface area contributed by atoms with E-state index in [2.05, 4.69) is 11.9 Å². The Morgan fingerprint density at radius 2 is 1.88 bits per heavy atom. The predicted molar refractivity (Wildman–Crippen MR) is 91.3 cm³/mol. The Bertz CT molecular complexity index is 892. The maximum atomic E-state index is 13.7. The van der Waals surface area contributed by atoms with Gasteiger partial charge in [-0.3, -0.25) is 0 Å². The number of rotatable bonds is 5. The van der Waals surface area contributed by atoms with Crippen LogP contribution in [0.15, 0.2) is 30.3 Å². The van der Waals surface area contributed by atoms with Crippen LogP contribution in [-0.4, -0.2) is 14.7 Å². The van der Waals surface area contributed by atoms with Gasteiger partial charge < -0.3 is 9.67 Å². The topological polar surface area (TPSA) is 38.0 Å². The molecule has 0 atom stereocenters. The number of hydrogen-bond donors (Lipinski definition) is 1. The van der Waals surface area contributed by atoms with Gasteiger partial charge in [0.2, 0.25) is 0 Å². The summed E-state index contributed by atoms with van der Waals surface area (Å²) in [6, 6.07) is 6.96. The zero-order valence-corrected chi connectivity index (χ0v) is 13.9. The maximum Gasteiger partial charge on any atom is 0.161 e. The predicted octanol–water partition coefficient (Wildman–Crippen LogP) is 5.53. The van der Waals surface area contributed by atoms with Gasteiger partial charge in [0.05, 0.1) is 16.6 Å². The summed E-state index contributed by atoms with van der Waals surface area (Å²) in [5.74, 6) is -1.39. The van der Waals surface area contributed by atoms with Crippen molar-refractivity contribution in [3.63, 3.8) is 0 Å². The van der Waals surface area contributed by atoms with Crippen molar-refractivity contribution in [2.24, 2.45) is 0 Å². The Hall–Kier alpha value is -2.14. The van der Waals surface area contributed by atoms with Crippen LogP contribution in [0.3, 0.4) is 0 Å². The largest absolute Gasteiger partial charge is 0.507 e. The van der Waals surface area contributed by atoms with Gasteiger partial charge in [0.1, 0.15) is 11.6 Å². The average Bonchev–Trinajstić information content (AvgIpc) is 2.86. The standard InChI is InChI=1S/C18H17ClF2N2O/c1-2-3-4-7-23-16-10-14(21)13(20)9-15(16)22-18(23)12-6-5-11(19)8-17(12)24/h5-6,8-10,24H,2-4,7H2,1H3. The Balaban J connectivity index is 2.19. The van der Waals surface area contributed by atoms with Gasteiger partial charge in [-0.1, -0.05) is 31.4 Å². The van der Waals surface area contributed by atoms with Crippen LogP contribution in [0, 0.1) is 11.6 Å². The lowest BCUT2D eigenvalue weighted by Crippen LogP contribution is -2.01. The molecule has 24 heavy (non-hydrogen) atoms. The minimum Gasteiger partial charge on any atom is -0.507 e. The third-order valence-corrected chi connectivity index (χ3v) is 4.21. The van der Waals surface area contributed by atoms with Crippen molar-refractivity contribution in [1.29, 1.82) is 0 Å². The fourth-order valence-corrected chi connectivity index (χ4v) is 2.93. The Morgan fingerprint density at radius 1 is 1.12 bits per heavy atom. The summed E-state index contributed by atoms with van der Waals surface area (Å²) < 4.78 is 29.0. The lowest BCUT2D eigenvalue weighted by Gasteiger charge is -2.10. The average molecular weight is 351 g/mol. The molecule has 0 aliphatic carbocycles. The Labute approximate surface area is 143 Å². The van der Waals surface area contributed by atoms with Crippen molar-refractivity contribution in [3.05, 3.63) is 47.0 Å². The van der Waals surface area contributed by atoms with E-state index in [1.54, 1.807) is 12.1 Å². The highest BCUT2D eigenvalue weighted by molar-refractivity contribution is 6.30. The van der Waals surface area contributed by atoms with E-state index in [-0.39, 0.29) is 5.75 Å². The van der Waals surface area contributed by atoms with Crippen LogP contribution in [0.5, 0.6) is 5.75 Å². The molecule has 0 fully saturated rings. The van der Waals surface area contributed by atoms with E-state index in [1.165, 1.54) is 6.07 Å². The maximum absolute atomic E-state index is 13.7. The fraction of sp³-hybridized carbons (Fsp3) is 0.278. The smallest absolute Gasteiger partial charge is 0.161 e. The zero-order valence-electron chi connectivity index (χ0n) is 13.2. The second-order valence-corrected chi connectivity index (χ2v) is 6.15. The van der Waals surface area contributed by atoms with Gasteiger partial charge in [0.25, 0.3) is 0 Å². The minimum absolute atomic E-state index is 0.0181. The molecule has 0 amide bonds. The van der Waals surface area contributed by atoms with Crippen LogP contribution in [0.25, 0.3) is 22.4 Å². The fourth-order valence-electron chi connectivity index (χ4n) is 2.77. The molecule has 0 radical (unpaired) electrons. The summed E-state index contributed by atoms with van der Waals surface area (Å²) in [7, 11) is 0. The molecule has 1 N–H and O–H groups in total. The van der Waals surface area contributed by atoms with Crippen molar-refractivity contribution in [2.45, 2.75) is 32.7 Å². The van der Waals surface area contributed by atoms with Crippen molar-refractivity contribution in [2.75, 3.05) is 0 Å². The molecule has 1 aromatic heterocycles. The first-order valence-corrected chi connectivity index (χ1v) is 8.23. The Morgan fingerprint density at radius 3 is 2.58 bits per heavy atom. The van der Waals surface area contributed by atoms with Gasteiger partial charge in [0, 0.05) is 23.7 Å². The highest BCUT2D eigenvalue weighted by atomic mass is 35.5. The van der Waals surface area contributed by atoms with Crippen molar-refractivity contribution < 1.29 is 13.9 Å². The molecule has 0 aliphatic heterocycles. The number of aromatic nitrogens is 2. The third-order valence-electron chi connectivity index (χ3n) is 3.98. The minimum atomic E-state index is -0.937. The highest BCUT2D eigenvalue weighted by Gasteiger charge is 2.18. The second-order valence-electron chi connectivity index (χ2n) is 5.71. The molecule has 0 saturated carbocycles. The molecular formula is C18H17ClF2N2O. The number of benzene rings is 2. The van der Waals surface area contributed by atoms with Gasteiger partial charge in [-0.15, -0.1) is 0 Å². The number of aromatic hydroxyl groups is 1.